The van der Waals surface area contributed by atoms with Gasteiger partial charge in [-0.1, -0.05) is 45.7 Å². The van der Waals surface area contributed by atoms with Crippen molar-refractivity contribution in [2.45, 2.75) is 6.54 Å². The molecule has 0 unspecified atom stereocenters. The monoisotopic (exact) mass is 363 g/mol. The molecule has 0 radical (unpaired) electrons. The van der Waals surface area contributed by atoms with Gasteiger partial charge in [-0.05, 0) is 35.9 Å². The second-order valence-electron chi connectivity index (χ2n) is 4.72. The lowest BCUT2D eigenvalue weighted by molar-refractivity contribution is 0.0686. The van der Waals surface area contributed by atoms with Crippen molar-refractivity contribution >= 4 is 44.4 Å². The molecule has 0 atom stereocenters. The summed E-state index contributed by atoms with van der Waals surface area (Å²) in [5.74, 6) is -0.947. The molecule has 3 nitrogen and oxygen atoms in total. The number of halogens is 2. The summed E-state index contributed by atoms with van der Waals surface area (Å²) in [6.07, 6.45) is 0. The van der Waals surface area contributed by atoms with Crippen LogP contribution in [0.15, 0.2) is 53.0 Å². The molecule has 0 spiro atoms. The number of hydrogen-bond acceptors (Lipinski definition) is 1. The minimum Gasteiger partial charge on any atom is -0.477 e. The van der Waals surface area contributed by atoms with E-state index in [1.165, 1.54) is 0 Å². The van der Waals surface area contributed by atoms with E-state index in [4.69, 9.17) is 11.6 Å². The zero-order valence-corrected chi connectivity index (χ0v) is 13.2. The highest BCUT2D eigenvalue weighted by molar-refractivity contribution is 9.10. The number of aromatic nitrogens is 1. The summed E-state index contributed by atoms with van der Waals surface area (Å²) in [6.45, 7) is 0.410. The smallest absolute Gasteiger partial charge is 0.352 e. The Labute approximate surface area is 134 Å². The molecule has 0 aliphatic rings. The Kier molecular flexibility index (Phi) is 3.74. The van der Waals surface area contributed by atoms with E-state index in [9.17, 15) is 9.90 Å². The lowest BCUT2D eigenvalue weighted by atomic mass is 10.2. The Balaban J connectivity index is 2.17. The Morgan fingerprint density at radius 3 is 2.71 bits per heavy atom. The molecule has 0 amide bonds. The highest BCUT2D eigenvalue weighted by atomic mass is 79.9. The molecule has 2 aromatic carbocycles. The Morgan fingerprint density at radius 2 is 1.95 bits per heavy atom. The molecule has 0 aliphatic heterocycles. The van der Waals surface area contributed by atoms with Gasteiger partial charge in [-0.25, -0.2) is 4.79 Å². The number of carbonyl (C=O) groups is 1. The maximum absolute atomic E-state index is 11.5. The lowest BCUT2D eigenvalue weighted by Gasteiger charge is -2.10. The van der Waals surface area contributed by atoms with Crippen LogP contribution >= 0.6 is 27.5 Å². The van der Waals surface area contributed by atoms with Crippen LogP contribution in [-0.2, 0) is 6.54 Å². The number of carboxylic acid groups (broad SMARTS) is 1. The molecule has 106 valence electrons. The molecule has 1 N–H and O–H groups in total. The maximum atomic E-state index is 11.5. The molecule has 21 heavy (non-hydrogen) atoms. The molecule has 3 aromatic rings. The Morgan fingerprint density at radius 1 is 1.19 bits per heavy atom. The van der Waals surface area contributed by atoms with Crippen molar-refractivity contribution in [1.29, 1.82) is 0 Å². The topological polar surface area (TPSA) is 42.2 Å². The number of fused-ring (bicyclic) bond motifs is 1. The van der Waals surface area contributed by atoms with Gasteiger partial charge in [0.1, 0.15) is 5.69 Å². The lowest BCUT2D eigenvalue weighted by Crippen LogP contribution is -2.09. The van der Waals surface area contributed by atoms with Gasteiger partial charge in [-0.15, -0.1) is 0 Å². The van der Waals surface area contributed by atoms with Crippen LogP contribution in [0.1, 0.15) is 16.1 Å². The van der Waals surface area contributed by atoms with Gasteiger partial charge in [0.05, 0.1) is 0 Å². The van der Waals surface area contributed by atoms with Crippen LogP contribution in [0, 0.1) is 0 Å². The fourth-order valence-corrected chi connectivity index (χ4v) is 2.98. The molecule has 0 aliphatic carbocycles. The summed E-state index contributed by atoms with van der Waals surface area (Å²) >= 11 is 9.63. The van der Waals surface area contributed by atoms with Crippen LogP contribution in [0.25, 0.3) is 10.9 Å². The molecule has 0 saturated carbocycles. The molecule has 0 fully saturated rings. The van der Waals surface area contributed by atoms with Crippen molar-refractivity contribution in [3.63, 3.8) is 0 Å². The molecular formula is C16H11BrClNO2. The average molecular weight is 365 g/mol. The first-order chi connectivity index (χ1) is 10.1. The first kappa shape index (κ1) is 14.2. The number of hydrogen-bond donors (Lipinski definition) is 1. The second kappa shape index (κ2) is 5.54. The predicted octanol–water partition coefficient (Wildman–Crippen LogP) is 4.80. The van der Waals surface area contributed by atoms with Crippen molar-refractivity contribution in [3.05, 3.63) is 69.3 Å². The van der Waals surface area contributed by atoms with E-state index in [0.717, 1.165) is 20.9 Å². The molecule has 5 heteroatoms. The van der Waals surface area contributed by atoms with Gasteiger partial charge in [-0.3, -0.25) is 0 Å². The van der Waals surface area contributed by atoms with Gasteiger partial charge in [0.2, 0.25) is 0 Å². The minimum absolute atomic E-state index is 0.257. The third kappa shape index (κ3) is 2.69. The molecule has 1 aromatic heterocycles. The SMILES string of the molecule is O=C(O)c1cc2ccccc2n1Cc1cc(Br)ccc1Cl. The Bertz CT molecular complexity index is 841. The summed E-state index contributed by atoms with van der Waals surface area (Å²) < 4.78 is 2.68. The predicted molar refractivity (Wildman–Crippen MR) is 87.2 cm³/mol. The number of benzene rings is 2. The van der Waals surface area contributed by atoms with E-state index in [-0.39, 0.29) is 5.69 Å². The van der Waals surface area contributed by atoms with E-state index < -0.39 is 5.97 Å². The van der Waals surface area contributed by atoms with Crippen LogP contribution in [-0.4, -0.2) is 15.6 Å². The van der Waals surface area contributed by atoms with Crippen molar-refractivity contribution in [2.75, 3.05) is 0 Å². The third-order valence-corrected chi connectivity index (χ3v) is 4.23. The fourth-order valence-electron chi connectivity index (χ4n) is 2.39. The van der Waals surface area contributed by atoms with Crippen LogP contribution in [0.4, 0.5) is 0 Å². The number of rotatable bonds is 3. The summed E-state index contributed by atoms with van der Waals surface area (Å²) in [5.41, 5.74) is 2.01. The van der Waals surface area contributed by atoms with Gasteiger partial charge >= 0.3 is 5.97 Å². The minimum atomic E-state index is -0.947. The van der Waals surface area contributed by atoms with Crippen molar-refractivity contribution in [2.24, 2.45) is 0 Å². The van der Waals surface area contributed by atoms with Gasteiger partial charge in [0, 0.05) is 26.9 Å². The first-order valence-electron chi connectivity index (χ1n) is 6.32. The number of carboxylic acids is 1. The fraction of sp³-hybridized carbons (Fsp3) is 0.0625. The van der Waals surface area contributed by atoms with Crippen LogP contribution < -0.4 is 0 Å². The highest BCUT2D eigenvalue weighted by Gasteiger charge is 2.15. The molecule has 3 rings (SSSR count). The van der Waals surface area contributed by atoms with Crippen molar-refractivity contribution < 1.29 is 9.90 Å². The molecular weight excluding hydrogens is 354 g/mol. The third-order valence-electron chi connectivity index (χ3n) is 3.37. The van der Waals surface area contributed by atoms with E-state index in [1.807, 2.05) is 36.4 Å². The highest BCUT2D eigenvalue weighted by Crippen LogP contribution is 2.26. The van der Waals surface area contributed by atoms with E-state index in [0.29, 0.717) is 11.6 Å². The molecule has 0 saturated heterocycles. The first-order valence-corrected chi connectivity index (χ1v) is 7.49. The number of para-hydroxylation sites is 1. The summed E-state index contributed by atoms with van der Waals surface area (Å²) in [6, 6.07) is 14.9. The Hall–Kier alpha value is -1.78. The van der Waals surface area contributed by atoms with Crippen LogP contribution in [0.5, 0.6) is 0 Å². The van der Waals surface area contributed by atoms with Gasteiger partial charge in [0.25, 0.3) is 0 Å². The van der Waals surface area contributed by atoms with Gasteiger partial charge in [-0.2, -0.15) is 0 Å². The zero-order valence-electron chi connectivity index (χ0n) is 10.9. The second-order valence-corrected chi connectivity index (χ2v) is 6.04. The largest absolute Gasteiger partial charge is 0.477 e. The van der Waals surface area contributed by atoms with Crippen LogP contribution in [0.3, 0.4) is 0 Å². The van der Waals surface area contributed by atoms with Crippen molar-refractivity contribution in [3.8, 4) is 0 Å². The van der Waals surface area contributed by atoms with Crippen molar-refractivity contribution in [1.82, 2.24) is 4.57 Å². The molecule has 0 bridgehead atoms. The summed E-state index contributed by atoms with van der Waals surface area (Å²) in [7, 11) is 0. The summed E-state index contributed by atoms with van der Waals surface area (Å²) in [5, 5.41) is 10.9. The number of aromatic carboxylic acids is 1. The van der Waals surface area contributed by atoms with E-state index in [2.05, 4.69) is 15.9 Å². The van der Waals surface area contributed by atoms with E-state index in [1.54, 1.807) is 16.7 Å². The zero-order chi connectivity index (χ0) is 15.0. The quantitative estimate of drug-likeness (QED) is 0.725. The maximum Gasteiger partial charge on any atom is 0.352 e. The van der Waals surface area contributed by atoms with Gasteiger partial charge < -0.3 is 9.67 Å². The average Bonchev–Trinajstić information content (AvgIpc) is 2.82. The van der Waals surface area contributed by atoms with Crippen LogP contribution in [0.2, 0.25) is 5.02 Å². The standard InChI is InChI=1S/C16H11BrClNO2/c17-12-5-6-13(18)11(7-12)9-19-14-4-2-1-3-10(14)8-15(19)16(20)21/h1-8H,9H2,(H,20,21). The summed E-state index contributed by atoms with van der Waals surface area (Å²) in [4.78, 5) is 11.5. The normalized spacial score (nSPS) is 11.0. The molecule has 1 heterocycles. The van der Waals surface area contributed by atoms with Gasteiger partial charge in [0.15, 0.2) is 0 Å². The number of nitrogens with zero attached hydrogens (tertiary/aromatic N) is 1. The van der Waals surface area contributed by atoms with E-state index >= 15 is 0 Å².